The Labute approximate surface area is 166 Å². The molecular weight excluding hydrogens is 393 g/mol. The van der Waals surface area contributed by atoms with Gasteiger partial charge >= 0.3 is 6.18 Å². The van der Waals surface area contributed by atoms with Crippen LogP contribution in [0, 0.1) is 0 Å². The Hall–Kier alpha value is -2.26. The van der Waals surface area contributed by atoms with Crippen LogP contribution in [0.1, 0.15) is 24.8 Å². The van der Waals surface area contributed by atoms with Gasteiger partial charge in [-0.3, -0.25) is 0 Å². The van der Waals surface area contributed by atoms with Gasteiger partial charge in [-0.05, 0) is 44.1 Å². The maximum Gasteiger partial charge on any atom is 0.417 e. The molecule has 3 rings (SSSR count). The quantitative estimate of drug-likeness (QED) is 0.651. The molecule has 0 atom stereocenters. The highest BCUT2D eigenvalue weighted by atomic mass is 35.5. The zero-order valence-corrected chi connectivity index (χ0v) is 15.9. The normalized spacial score (nSPS) is 15.4. The fraction of sp³-hybridized carbons (Fsp3) is 0.444. The van der Waals surface area contributed by atoms with Crippen molar-refractivity contribution in [3.05, 3.63) is 35.1 Å². The number of piperidine rings is 1. The minimum absolute atomic E-state index is 0.182. The van der Waals surface area contributed by atoms with E-state index >= 15 is 0 Å². The number of halogens is 4. The van der Waals surface area contributed by atoms with E-state index in [2.05, 4.69) is 25.5 Å². The summed E-state index contributed by atoms with van der Waals surface area (Å²) in [7, 11) is 0. The molecule has 1 aromatic carbocycles. The molecule has 4 N–H and O–H groups in total. The Morgan fingerprint density at radius 3 is 2.54 bits per heavy atom. The highest BCUT2D eigenvalue weighted by molar-refractivity contribution is 6.31. The first-order valence-electron chi connectivity index (χ1n) is 9.05. The lowest BCUT2D eigenvalue weighted by molar-refractivity contribution is -0.137. The van der Waals surface area contributed by atoms with Crippen molar-refractivity contribution in [2.24, 2.45) is 0 Å². The number of nitrogens with zero attached hydrogens (tertiary/aromatic N) is 3. The van der Waals surface area contributed by atoms with Crippen molar-refractivity contribution < 1.29 is 13.2 Å². The van der Waals surface area contributed by atoms with E-state index < -0.39 is 11.7 Å². The lowest BCUT2D eigenvalue weighted by Gasteiger charge is -2.26. The first kappa shape index (κ1) is 20.5. The highest BCUT2D eigenvalue weighted by Crippen LogP contribution is 2.37. The molecule has 1 aliphatic rings. The molecule has 0 saturated carbocycles. The maximum atomic E-state index is 13.0. The van der Waals surface area contributed by atoms with Gasteiger partial charge in [-0.25, -0.2) is 9.97 Å². The van der Waals surface area contributed by atoms with Crippen LogP contribution in [0.2, 0.25) is 5.02 Å². The van der Waals surface area contributed by atoms with E-state index in [0.717, 1.165) is 25.7 Å². The van der Waals surface area contributed by atoms with Gasteiger partial charge in [-0.2, -0.15) is 13.2 Å². The van der Waals surface area contributed by atoms with Gasteiger partial charge in [0.15, 0.2) is 11.6 Å². The standard InChI is InChI=1S/C18H22ClF3N6/c19-14-5-4-12(10-13(14)18(20,21)22)27-17-15(23)16(25-11-26-17)24-6-9-28-7-2-1-3-8-28/h4-5,10-11H,1-3,6-9,23H2,(H2,24,25,26,27). The van der Waals surface area contributed by atoms with Gasteiger partial charge in [0, 0.05) is 18.8 Å². The summed E-state index contributed by atoms with van der Waals surface area (Å²) >= 11 is 5.65. The van der Waals surface area contributed by atoms with E-state index in [1.54, 1.807) is 0 Å². The van der Waals surface area contributed by atoms with E-state index in [9.17, 15) is 13.2 Å². The average molecular weight is 415 g/mol. The molecule has 6 nitrogen and oxygen atoms in total. The highest BCUT2D eigenvalue weighted by Gasteiger charge is 2.33. The topological polar surface area (TPSA) is 79.1 Å². The summed E-state index contributed by atoms with van der Waals surface area (Å²) in [5.74, 6) is 0.672. The summed E-state index contributed by atoms with van der Waals surface area (Å²) < 4.78 is 39.1. The van der Waals surface area contributed by atoms with Crippen LogP contribution in [0.25, 0.3) is 0 Å². The number of aromatic nitrogens is 2. The van der Waals surface area contributed by atoms with Crippen LogP contribution in [0.4, 0.5) is 36.2 Å². The summed E-state index contributed by atoms with van der Waals surface area (Å²) in [6.07, 6.45) is 0.462. The smallest absolute Gasteiger partial charge is 0.393 e. The van der Waals surface area contributed by atoms with Gasteiger partial charge in [0.25, 0.3) is 0 Å². The fourth-order valence-corrected chi connectivity index (χ4v) is 3.33. The third kappa shape index (κ3) is 5.17. The predicted octanol–water partition coefficient (Wildman–Crippen LogP) is 4.37. The zero-order chi connectivity index (χ0) is 20.1. The number of nitrogens with one attached hydrogen (secondary N) is 2. The number of hydrogen-bond acceptors (Lipinski definition) is 6. The molecular formula is C18H22ClF3N6. The monoisotopic (exact) mass is 414 g/mol. The minimum Gasteiger partial charge on any atom is -0.393 e. The first-order valence-corrected chi connectivity index (χ1v) is 9.43. The van der Waals surface area contributed by atoms with E-state index in [1.165, 1.54) is 37.7 Å². The molecule has 0 amide bonds. The van der Waals surface area contributed by atoms with Crippen LogP contribution in [0.3, 0.4) is 0 Å². The molecule has 2 aromatic rings. The molecule has 0 aliphatic carbocycles. The molecule has 0 spiro atoms. The SMILES string of the molecule is Nc1c(NCCN2CCCCC2)ncnc1Nc1ccc(Cl)c(C(F)(F)F)c1. The second kappa shape index (κ2) is 8.83. The van der Waals surface area contributed by atoms with Crippen molar-refractivity contribution in [1.82, 2.24) is 14.9 Å². The van der Waals surface area contributed by atoms with E-state index in [-0.39, 0.29) is 22.2 Å². The Morgan fingerprint density at radius 2 is 1.82 bits per heavy atom. The number of rotatable bonds is 6. The molecule has 1 aromatic heterocycles. The molecule has 10 heteroatoms. The molecule has 0 bridgehead atoms. The molecule has 2 heterocycles. The number of nitrogens with two attached hydrogens (primary N) is 1. The third-order valence-corrected chi connectivity index (χ3v) is 4.92. The van der Waals surface area contributed by atoms with Crippen LogP contribution in [-0.4, -0.2) is 41.0 Å². The Kier molecular flexibility index (Phi) is 6.46. The number of nitrogen functional groups attached to an aromatic ring is 1. The molecule has 1 saturated heterocycles. The minimum atomic E-state index is -4.55. The largest absolute Gasteiger partial charge is 0.417 e. The number of hydrogen-bond donors (Lipinski definition) is 3. The number of benzene rings is 1. The molecule has 0 unspecified atom stereocenters. The summed E-state index contributed by atoms with van der Waals surface area (Å²) in [5, 5.41) is 5.61. The van der Waals surface area contributed by atoms with Crippen LogP contribution in [0.15, 0.2) is 24.5 Å². The van der Waals surface area contributed by atoms with E-state index in [0.29, 0.717) is 12.4 Å². The Balaban J connectivity index is 1.67. The van der Waals surface area contributed by atoms with Crippen molar-refractivity contribution in [3.8, 4) is 0 Å². The maximum absolute atomic E-state index is 13.0. The van der Waals surface area contributed by atoms with Crippen molar-refractivity contribution in [2.45, 2.75) is 25.4 Å². The van der Waals surface area contributed by atoms with Crippen molar-refractivity contribution in [1.29, 1.82) is 0 Å². The number of anilines is 4. The number of alkyl halides is 3. The fourth-order valence-electron chi connectivity index (χ4n) is 3.11. The van der Waals surface area contributed by atoms with Gasteiger partial charge in [0.2, 0.25) is 0 Å². The third-order valence-electron chi connectivity index (χ3n) is 4.59. The van der Waals surface area contributed by atoms with Crippen LogP contribution >= 0.6 is 11.6 Å². The van der Waals surface area contributed by atoms with E-state index in [1.807, 2.05) is 0 Å². The van der Waals surface area contributed by atoms with Crippen LogP contribution in [-0.2, 0) is 6.18 Å². The van der Waals surface area contributed by atoms with Crippen molar-refractivity contribution >= 4 is 34.6 Å². The van der Waals surface area contributed by atoms with Crippen LogP contribution in [0.5, 0.6) is 0 Å². The second-order valence-corrected chi connectivity index (χ2v) is 7.04. The summed E-state index contributed by atoms with van der Waals surface area (Å²) in [6, 6.07) is 3.54. The number of likely N-dealkylation sites (tertiary alicyclic amines) is 1. The first-order chi connectivity index (χ1) is 13.3. The molecule has 152 valence electrons. The van der Waals surface area contributed by atoms with E-state index in [4.69, 9.17) is 17.3 Å². The lowest BCUT2D eigenvalue weighted by Crippen LogP contribution is -2.33. The lowest BCUT2D eigenvalue weighted by atomic mass is 10.1. The Morgan fingerprint density at radius 1 is 1.11 bits per heavy atom. The van der Waals surface area contributed by atoms with Gasteiger partial charge in [-0.1, -0.05) is 18.0 Å². The second-order valence-electron chi connectivity index (χ2n) is 6.63. The van der Waals surface area contributed by atoms with Crippen molar-refractivity contribution in [3.63, 3.8) is 0 Å². The summed E-state index contributed by atoms with van der Waals surface area (Å²) in [4.78, 5) is 10.5. The average Bonchev–Trinajstić information content (AvgIpc) is 2.66. The van der Waals surface area contributed by atoms with Crippen LogP contribution < -0.4 is 16.4 Å². The molecule has 0 radical (unpaired) electrons. The summed E-state index contributed by atoms with van der Waals surface area (Å²) in [6.45, 7) is 3.72. The molecule has 1 aliphatic heterocycles. The zero-order valence-electron chi connectivity index (χ0n) is 15.2. The van der Waals surface area contributed by atoms with Gasteiger partial charge in [0.05, 0.1) is 10.6 Å². The van der Waals surface area contributed by atoms with Crippen molar-refractivity contribution in [2.75, 3.05) is 42.5 Å². The predicted molar refractivity (Wildman–Crippen MR) is 105 cm³/mol. The summed E-state index contributed by atoms with van der Waals surface area (Å²) in [5.41, 5.74) is 5.59. The molecule has 28 heavy (non-hydrogen) atoms. The van der Waals surface area contributed by atoms with Gasteiger partial charge < -0.3 is 21.3 Å². The van der Waals surface area contributed by atoms with Gasteiger partial charge in [0.1, 0.15) is 12.0 Å². The Bertz CT molecular complexity index is 808. The van der Waals surface area contributed by atoms with Gasteiger partial charge in [-0.15, -0.1) is 0 Å². The molecule has 1 fully saturated rings.